The predicted octanol–water partition coefficient (Wildman–Crippen LogP) is 4.15. The predicted molar refractivity (Wildman–Crippen MR) is 123 cm³/mol. The van der Waals surface area contributed by atoms with Crippen molar-refractivity contribution < 1.29 is 28.3 Å². The Balaban J connectivity index is 1.44. The first-order valence-corrected chi connectivity index (χ1v) is 10.7. The number of carbonyl (C=O) groups is 2. The molecule has 3 heterocycles. The van der Waals surface area contributed by atoms with Crippen LogP contribution >= 0.6 is 0 Å². The third kappa shape index (κ3) is 4.27. The van der Waals surface area contributed by atoms with Crippen molar-refractivity contribution in [2.24, 2.45) is 0 Å². The van der Waals surface area contributed by atoms with Crippen molar-refractivity contribution in [1.29, 1.82) is 0 Å². The quantitative estimate of drug-likeness (QED) is 0.443. The summed E-state index contributed by atoms with van der Waals surface area (Å²) in [6.07, 6.45) is -1.06. The van der Waals surface area contributed by atoms with Crippen LogP contribution in [0, 0.1) is 6.92 Å². The fourth-order valence-corrected chi connectivity index (χ4v) is 3.63. The van der Waals surface area contributed by atoms with Crippen LogP contribution in [0.5, 0.6) is 11.5 Å². The zero-order chi connectivity index (χ0) is 23.7. The molecule has 34 heavy (non-hydrogen) atoms. The Morgan fingerprint density at radius 3 is 2.62 bits per heavy atom. The molecule has 1 aliphatic rings. The fraction of sp³-hybridized carbons (Fsp3) is 0.200. The highest BCUT2D eigenvalue weighted by molar-refractivity contribution is 6.06. The van der Waals surface area contributed by atoms with Crippen LogP contribution < -0.4 is 14.8 Å². The molecule has 0 bridgehead atoms. The Bertz CT molecular complexity index is 1400. The SMILES string of the molecule is Cc1cc(NC(=O)[C@H](C)OC(=O)c2cc(-c3ccc4c(c3)OCCO4)nc3ccccc23)no1. The number of aromatic nitrogens is 2. The van der Waals surface area contributed by atoms with Crippen LogP contribution in [0.2, 0.25) is 0 Å². The molecule has 1 atom stereocenters. The third-order valence-electron chi connectivity index (χ3n) is 5.31. The standard InChI is InChI=1S/C25H21N3O6/c1-14-11-23(28-34-14)27-24(29)15(2)33-25(30)18-13-20(26-19-6-4-3-5-17(18)19)16-7-8-21-22(12-16)32-10-9-31-21/h3-8,11-13,15H,9-10H2,1-2H3,(H,27,28,29)/t15-/m0/s1. The lowest BCUT2D eigenvalue weighted by molar-refractivity contribution is -0.123. The average molecular weight is 459 g/mol. The number of nitrogens with one attached hydrogen (secondary N) is 1. The number of amides is 1. The third-order valence-corrected chi connectivity index (χ3v) is 5.31. The summed E-state index contributed by atoms with van der Waals surface area (Å²) in [5.41, 5.74) is 2.25. The minimum atomic E-state index is -1.06. The van der Waals surface area contributed by atoms with Gasteiger partial charge in [-0.3, -0.25) is 4.79 Å². The van der Waals surface area contributed by atoms with Crippen LogP contribution in [-0.2, 0) is 9.53 Å². The van der Waals surface area contributed by atoms with E-state index in [-0.39, 0.29) is 5.82 Å². The van der Waals surface area contributed by atoms with Crippen molar-refractivity contribution in [3.63, 3.8) is 0 Å². The van der Waals surface area contributed by atoms with Gasteiger partial charge < -0.3 is 24.1 Å². The van der Waals surface area contributed by atoms with Crippen molar-refractivity contribution in [2.45, 2.75) is 20.0 Å². The largest absolute Gasteiger partial charge is 0.486 e. The van der Waals surface area contributed by atoms with Crippen LogP contribution in [0.3, 0.4) is 0 Å². The van der Waals surface area contributed by atoms with E-state index in [2.05, 4.69) is 10.5 Å². The monoisotopic (exact) mass is 459 g/mol. The van der Waals surface area contributed by atoms with Gasteiger partial charge in [-0.2, -0.15) is 0 Å². The highest BCUT2D eigenvalue weighted by Crippen LogP contribution is 2.35. The normalized spacial score (nSPS) is 13.4. The second-order valence-corrected chi connectivity index (χ2v) is 7.79. The summed E-state index contributed by atoms with van der Waals surface area (Å²) < 4.78 is 21.7. The van der Waals surface area contributed by atoms with Gasteiger partial charge in [0.25, 0.3) is 5.91 Å². The van der Waals surface area contributed by atoms with Gasteiger partial charge in [0, 0.05) is 17.0 Å². The number of fused-ring (bicyclic) bond motifs is 2. The number of esters is 1. The van der Waals surface area contributed by atoms with Crippen molar-refractivity contribution in [1.82, 2.24) is 10.1 Å². The number of pyridine rings is 1. The maximum Gasteiger partial charge on any atom is 0.339 e. The van der Waals surface area contributed by atoms with Crippen LogP contribution in [0.4, 0.5) is 5.82 Å². The number of carbonyl (C=O) groups excluding carboxylic acids is 2. The summed E-state index contributed by atoms with van der Waals surface area (Å²) in [6, 6.07) is 16.0. The van der Waals surface area contributed by atoms with Gasteiger partial charge in [0.2, 0.25) is 0 Å². The second-order valence-electron chi connectivity index (χ2n) is 7.79. The number of aryl methyl sites for hydroxylation is 1. The van der Waals surface area contributed by atoms with Gasteiger partial charge >= 0.3 is 5.97 Å². The first kappa shape index (κ1) is 21.4. The highest BCUT2D eigenvalue weighted by Gasteiger charge is 2.23. The summed E-state index contributed by atoms with van der Waals surface area (Å²) in [6.45, 7) is 4.16. The Morgan fingerprint density at radius 1 is 1.03 bits per heavy atom. The number of hydrogen-bond acceptors (Lipinski definition) is 8. The molecule has 9 heteroatoms. The molecular formula is C25H21N3O6. The molecule has 0 saturated heterocycles. The number of ether oxygens (including phenoxy) is 3. The van der Waals surface area contributed by atoms with Crippen molar-refractivity contribution in [2.75, 3.05) is 18.5 Å². The van der Waals surface area contributed by atoms with Gasteiger partial charge in [0.05, 0.1) is 16.8 Å². The molecule has 0 saturated carbocycles. The van der Waals surface area contributed by atoms with Crippen LogP contribution in [0.1, 0.15) is 23.0 Å². The molecule has 0 spiro atoms. The molecule has 1 amide bonds. The zero-order valence-electron chi connectivity index (χ0n) is 18.5. The number of nitrogens with zero attached hydrogens (tertiary/aromatic N) is 2. The van der Waals surface area contributed by atoms with Crippen LogP contribution in [0.25, 0.3) is 22.2 Å². The van der Waals surface area contributed by atoms with E-state index >= 15 is 0 Å². The molecule has 1 N–H and O–H groups in total. The molecule has 4 aromatic rings. The van der Waals surface area contributed by atoms with Gasteiger partial charge in [-0.1, -0.05) is 23.4 Å². The van der Waals surface area contributed by atoms with E-state index in [0.29, 0.717) is 52.6 Å². The topological polar surface area (TPSA) is 113 Å². The highest BCUT2D eigenvalue weighted by atomic mass is 16.6. The van der Waals surface area contributed by atoms with E-state index < -0.39 is 18.0 Å². The van der Waals surface area contributed by atoms with Gasteiger partial charge in [0.15, 0.2) is 23.4 Å². The summed E-state index contributed by atoms with van der Waals surface area (Å²) in [4.78, 5) is 30.3. The molecule has 2 aromatic carbocycles. The van der Waals surface area contributed by atoms with E-state index in [1.807, 2.05) is 36.4 Å². The van der Waals surface area contributed by atoms with Crippen molar-refractivity contribution >= 4 is 28.6 Å². The van der Waals surface area contributed by atoms with E-state index in [1.54, 1.807) is 25.1 Å². The lowest BCUT2D eigenvalue weighted by Crippen LogP contribution is -2.30. The van der Waals surface area contributed by atoms with Crippen LogP contribution in [-0.4, -0.2) is 41.3 Å². The van der Waals surface area contributed by atoms with E-state index in [4.69, 9.17) is 23.7 Å². The Morgan fingerprint density at radius 2 is 1.82 bits per heavy atom. The molecule has 2 aromatic heterocycles. The van der Waals surface area contributed by atoms with Gasteiger partial charge in [-0.25, -0.2) is 9.78 Å². The number of anilines is 1. The van der Waals surface area contributed by atoms with Gasteiger partial charge in [0.1, 0.15) is 19.0 Å². The molecule has 0 fully saturated rings. The van der Waals surface area contributed by atoms with Gasteiger partial charge in [-0.05, 0) is 44.2 Å². The molecule has 1 aliphatic heterocycles. The first-order chi connectivity index (χ1) is 16.5. The zero-order valence-corrected chi connectivity index (χ0v) is 18.5. The van der Waals surface area contributed by atoms with E-state index in [9.17, 15) is 9.59 Å². The number of rotatable bonds is 5. The fourth-order valence-electron chi connectivity index (χ4n) is 3.63. The number of para-hydroxylation sites is 1. The van der Waals surface area contributed by atoms with E-state index in [1.165, 1.54) is 6.92 Å². The molecule has 0 aliphatic carbocycles. The average Bonchev–Trinajstić information content (AvgIpc) is 3.27. The van der Waals surface area contributed by atoms with Crippen molar-refractivity contribution in [3.8, 4) is 22.8 Å². The molecule has 5 rings (SSSR count). The lowest BCUT2D eigenvalue weighted by atomic mass is 10.0. The molecule has 0 unspecified atom stereocenters. The maximum absolute atomic E-state index is 13.1. The number of benzene rings is 2. The molecule has 9 nitrogen and oxygen atoms in total. The smallest absolute Gasteiger partial charge is 0.339 e. The van der Waals surface area contributed by atoms with Crippen molar-refractivity contribution in [3.05, 3.63) is 65.9 Å². The van der Waals surface area contributed by atoms with E-state index in [0.717, 1.165) is 5.56 Å². The Labute approximate surface area is 194 Å². The Kier molecular flexibility index (Phi) is 5.59. The first-order valence-electron chi connectivity index (χ1n) is 10.7. The number of hydrogen-bond donors (Lipinski definition) is 1. The summed E-state index contributed by atoms with van der Waals surface area (Å²) in [5.74, 6) is 0.924. The molecule has 0 radical (unpaired) electrons. The minimum absolute atomic E-state index is 0.251. The van der Waals surface area contributed by atoms with Gasteiger partial charge in [-0.15, -0.1) is 0 Å². The maximum atomic E-state index is 13.1. The molecular weight excluding hydrogens is 438 g/mol. The summed E-state index contributed by atoms with van der Waals surface area (Å²) in [7, 11) is 0. The second kappa shape index (κ2) is 8.86. The summed E-state index contributed by atoms with van der Waals surface area (Å²) in [5, 5.41) is 6.90. The minimum Gasteiger partial charge on any atom is -0.486 e. The Hall–Kier alpha value is -4.40. The summed E-state index contributed by atoms with van der Waals surface area (Å²) >= 11 is 0. The lowest BCUT2D eigenvalue weighted by Gasteiger charge is -2.19. The molecule has 172 valence electrons. The van der Waals surface area contributed by atoms with Crippen LogP contribution in [0.15, 0.2) is 59.1 Å².